The van der Waals surface area contributed by atoms with E-state index < -0.39 is 6.10 Å². The standard InChI is InChI=1S/C14H21N3O2S/c1-10-5-7-17(8-6-10)14(18)11(2)19-16-13(15)12-4-3-9-20-12/h3-4,9-11H,5-8H2,1-2H3,(H2,15,16). The molecule has 0 aliphatic carbocycles. The molecule has 0 saturated carbocycles. The number of carbonyl (C=O) groups is 1. The van der Waals surface area contributed by atoms with Gasteiger partial charge in [0.25, 0.3) is 5.91 Å². The molecule has 0 radical (unpaired) electrons. The Morgan fingerprint density at radius 1 is 1.55 bits per heavy atom. The average Bonchev–Trinajstić information content (AvgIpc) is 2.98. The number of amidine groups is 1. The summed E-state index contributed by atoms with van der Waals surface area (Å²) in [5.74, 6) is 0.995. The molecule has 1 aliphatic heterocycles. The van der Waals surface area contributed by atoms with E-state index in [0.29, 0.717) is 11.8 Å². The maximum Gasteiger partial charge on any atom is 0.266 e. The van der Waals surface area contributed by atoms with Crippen molar-refractivity contribution in [2.75, 3.05) is 13.1 Å². The quantitative estimate of drug-likeness (QED) is 0.525. The van der Waals surface area contributed by atoms with Crippen LogP contribution < -0.4 is 5.73 Å². The highest BCUT2D eigenvalue weighted by molar-refractivity contribution is 7.12. The largest absolute Gasteiger partial charge is 0.381 e. The molecule has 6 heteroatoms. The Balaban J connectivity index is 1.86. The number of hydrogen-bond donors (Lipinski definition) is 1. The molecule has 5 nitrogen and oxygen atoms in total. The Morgan fingerprint density at radius 2 is 2.25 bits per heavy atom. The number of likely N-dealkylation sites (tertiary alicyclic amines) is 1. The molecule has 2 N–H and O–H groups in total. The first-order valence-electron chi connectivity index (χ1n) is 6.90. The number of amides is 1. The molecule has 0 bridgehead atoms. The van der Waals surface area contributed by atoms with Gasteiger partial charge in [-0.3, -0.25) is 4.79 Å². The topological polar surface area (TPSA) is 67.9 Å². The first-order chi connectivity index (χ1) is 9.58. The molecule has 1 unspecified atom stereocenters. The summed E-state index contributed by atoms with van der Waals surface area (Å²) in [7, 11) is 0. The lowest BCUT2D eigenvalue weighted by Crippen LogP contribution is -2.43. The van der Waals surface area contributed by atoms with Gasteiger partial charge in [0.1, 0.15) is 0 Å². The summed E-state index contributed by atoms with van der Waals surface area (Å²) in [6, 6.07) is 3.76. The van der Waals surface area contributed by atoms with Crippen molar-refractivity contribution in [2.45, 2.75) is 32.8 Å². The summed E-state index contributed by atoms with van der Waals surface area (Å²) in [4.78, 5) is 20.1. The van der Waals surface area contributed by atoms with Crippen LogP contribution in [0.3, 0.4) is 0 Å². The van der Waals surface area contributed by atoms with Gasteiger partial charge < -0.3 is 15.5 Å². The molecule has 0 aromatic carbocycles. The van der Waals surface area contributed by atoms with Crippen LogP contribution in [-0.4, -0.2) is 35.8 Å². The van der Waals surface area contributed by atoms with Crippen molar-refractivity contribution >= 4 is 23.1 Å². The molecule has 1 saturated heterocycles. The van der Waals surface area contributed by atoms with Gasteiger partial charge in [-0.25, -0.2) is 0 Å². The predicted molar refractivity (Wildman–Crippen MR) is 80.6 cm³/mol. The maximum atomic E-state index is 12.2. The van der Waals surface area contributed by atoms with E-state index in [4.69, 9.17) is 10.6 Å². The van der Waals surface area contributed by atoms with Gasteiger partial charge in [-0.2, -0.15) is 0 Å². The van der Waals surface area contributed by atoms with Crippen molar-refractivity contribution < 1.29 is 9.63 Å². The normalized spacial score (nSPS) is 18.9. The van der Waals surface area contributed by atoms with Crippen molar-refractivity contribution in [2.24, 2.45) is 16.8 Å². The smallest absolute Gasteiger partial charge is 0.266 e. The van der Waals surface area contributed by atoms with Crippen LogP contribution in [0.25, 0.3) is 0 Å². The maximum absolute atomic E-state index is 12.2. The number of hydrogen-bond acceptors (Lipinski definition) is 4. The SMILES string of the molecule is CC1CCN(C(=O)C(C)ON=C(N)c2cccs2)CC1. The van der Waals surface area contributed by atoms with E-state index in [1.807, 2.05) is 22.4 Å². The van der Waals surface area contributed by atoms with Crippen LogP contribution in [0.2, 0.25) is 0 Å². The van der Waals surface area contributed by atoms with Gasteiger partial charge in [0.05, 0.1) is 4.88 Å². The molecule has 0 spiro atoms. The minimum Gasteiger partial charge on any atom is -0.381 e. The van der Waals surface area contributed by atoms with Crippen molar-refractivity contribution in [3.05, 3.63) is 22.4 Å². The third-order valence-electron chi connectivity index (χ3n) is 3.53. The first-order valence-corrected chi connectivity index (χ1v) is 7.78. The second kappa shape index (κ2) is 6.74. The molecular weight excluding hydrogens is 274 g/mol. The summed E-state index contributed by atoms with van der Waals surface area (Å²) < 4.78 is 0. The Morgan fingerprint density at radius 3 is 2.85 bits per heavy atom. The fourth-order valence-electron chi connectivity index (χ4n) is 2.14. The van der Waals surface area contributed by atoms with Crippen LogP contribution in [0, 0.1) is 5.92 Å². The monoisotopic (exact) mass is 295 g/mol. The van der Waals surface area contributed by atoms with Crippen molar-refractivity contribution in [1.29, 1.82) is 0 Å². The zero-order valence-electron chi connectivity index (χ0n) is 11.9. The van der Waals surface area contributed by atoms with Crippen LogP contribution in [0.4, 0.5) is 0 Å². The summed E-state index contributed by atoms with van der Waals surface area (Å²) in [6.45, 7) is 5.54. The van der Waals surface area contributed by atoms with Crippen LogP contribution in [0.1, 0.15) is 31.6 Å². The molecule has 1 aromatic rings. The molecular formula is C14H21N3O2S. The molecule has 1 aliphatic rings. The van der Waals surface area contributed by atoms with E-state index in [2.05, 4.69) is 12.1 Å². The Hall–Kier alpha value is -1.56. The summed E-state index contributed by atoms with van der Waals surface area (Å²) >= 11 is 1.49. The number of piperidine rings is 1. The number of thiophene rings is 1. The lowest BCUT2D eigenvalue weighted by molar-refractivity contribution is -0.143. The van der Waals surface area contributed by atoms with Gasteiger partial charge in [-0.1, -0.05) is 18.1 Å². The molecule has 1 atom stereocenters. The van der Waals surface area contributed by atoms with E-state index in [9.17, 15) is 4.79 Å². The van der Waals surface area contributed by atoms with E-state index >= 15 is 0 Å². The summed E-state index contributed by atoms with van der Waals surface area (Å²) in [6.07, 6.45) is 1.51. The molecule has 1 amide bonds. The number of nitrogens with two attached hydrogens (primary N) is 1. The van der Waals surface area contributed by atoms with E-state index in [0.717, 1.165) is 30.8 Å². The minimum absolute atomic E-state index is 0.0142. The summed E-state index contributed by atoms with van der Waals surface area (Å²) in [5, 5.41) is 5.77. The average molecular weight is 295 g/mol. The lowest BCUT2D eigenvalue weighted by Gasteiger charge is -2.31. The van der Waals surface area contributed by atoms with E-state index in [-0.39, 0.29) is 5.91 Å². The number of nitrogens with zero attached hydrogens (tertiary/aromatic N) is 2. The molecule has 20 heavy (non-hydrogen) atoms. The second-order valence-electron chi connectivity index (χ2n) is 5.21. The number of carbonyl (C=O) groups excluding carboxylic acids is 1. The van der Waals surface area contributed by atoms with Gasteiger partial charge in [0, 0.05) is 13.1 Å². The molecule has 2 heterocycles. The molecule has 1 aromatic heterocycles. The van der Waals surface area contributed by atoms with Gasteiger partial charge in [0.2, 0.25) is 6.10 Å². The fraction of sp³-hybridized carbons (Fsp3) is 0.571. The van der Waals surface area contributed by atoms with Gasteiger partial charge in [-0.05, 0) is 37.1 Å². The van der Waals surface area contributed by atoms with Crippen LogP contribution in [-0.2, 0) is 9.63 Å². The van der Waals surface area contributed by atoms with Crippen molar-refractivity contribution in [3.63, 3.8) is 0 Å². The van der Waals surface area contributed by atoms with Gasteiger partial charge in [-0.15, -0.1) is 11.3 Å². The first kappa shape index (κ1) is 14.8. The van der Waals surface area contributed by atoms with Crippen LogP contribution >= 0.6 is 11.3 Å². The van der Waals surface area contributed by atoms with Crippen molar-refractivity contribution in [1.82, 2.24) is 4.90 Å². The van der Waals surface area contributed by atoms with E-state index in [1.165, 1.54) is 11.3 Å². The summed E-state index contributed by atoms with van der Waals surface area (Å²) in [5.41, 5.74) is 5.80. The third-order valence-corrected chi connectivity index (χ3v) is 4.42. The van der Waals surface area contributed by atoms with Crippen LogP contribution in [0.15, 0.2) is 22.7 Å². The molecule has 1 fully saturated rings. The predicted octanol–water partition coefficient (Wildman–Crippen LogP) is 2.03. The Bertz CT molecular complexity index is 465. The fourth-order valence-corrected chi connectivity index (χ4v) is 2.76. The molecule has 2 rings (SSSR count). The number of rotatable bonds is 4. The highest BCUT2D eigenvalue weighted by Crippen LogP contribution is 2.17. The second-order valence-corrected chi connectivity index (χ2v) is 6.16. The van der Waals surface area contributed by atoms with Gasteiger partial charge >= 0.3 is 0 Å². The zero-order valence-corrected chi connectivity index (χ0v) is 12.7. The number of oxime groups is 1. The zero-order chi connectivity index (χ0) is 14.5. The third kappa shape index (κ3) is 3.72. The van der Waals surface area contributed by atoms with Crippen molar-refractivity contribution in [3.8, 4) is 0 Å². The lowest BCUT2D eigenvalue weighted by atomic mass is 9.99. The Labute approximate surface area is 123 Å². The van der Waals surface area contributed by atoms with E-state index in [1.54, 1.807) is 6.92 Å². The minimum atomic E-state index is -0.595. The van der Waals surface area contributed by atoms with Crippen LogP contribution in [0.5, 0.6) is 0 Å². The van der Waals surface area contributed by atoms with Gasteiger partial charge in [0.15, 0.2) is 5.84 Å². The molecule has 110 valence electrons. The highest BCUT2D eigenvalue weighted by Gasteiger charge is 2.25. The Kier molecular flexibility index (Phi) is 5.00. The highest BCUT2D eigenvalue weighted by atomic mass is 32.1.